The number of hydrogen-bond donors (Lipinski definition) is 1. The third-order valence-electron chi connectivity index (χ3n) is 3.47. The Hall–Kier alpha value is -0.600. The van der Waals surface area contributed by atoms with Crippen LogP contribution in [0.4, 0.5) is 4.39 Å². The van der Waals surface area contributed by atoms with Gasteiger partial charge in [0.2, 0.25) is 0 Å². The zero-order valence-corrected chi connectivity index (χ0v) is 13.1. The van der Waals surface area contributed by atoms with Crippen molar-refractivity contribution in [3.8, 4) is 0 Å². The van der Waals surface area contributed by atoms with Gasteiger partial charge in [0.05, 0.1) is 5.02 Å². The summed E-state index contributed by atoms with van der Waals surface area (Å²) in [6.07, 6.45) is 2.75. The van der Waals surface area contributed by atoms with Crippen molar-refractivity contribution < 1.29 is 4.39 Å². The smallest absolute Gasteiger partial charge is 0.144 e. The maximum absolute atomic E-state index is 13.8. The van der Waals surface area contributed by atoms with Gasteiger partial charge in [-0.25, -0.2) is 4.39 Å². The van der Waals surface area contributed by atoms with E-state index in [0.717, 1.165) is 31.4 Å². The normalized spacial score (nSPS) is 13.6. The largest absolute Gasteiger partial charge is 0.314 e. The van der Waals surface area contributed by atoms with E-state index in [-0.39, 0.29) is 16.3 Å². The van der Waals surface area contributed by atoms with Gasteiger partial charge in [-0.2, -0.15) is 0 Å². The molecule has 0 saturated heterocycles. The average molecular weight is 286 g/mol. The van der Waals surface area contributed by atoms with Crippen molar-refractivity contribution in [2.24, 2.45) is 5.41 Å². The van der Waals surface area contributed by atoms with E-state index in [1.165, 1.54) is 0 Å². The molecule has 0 bridgehead atoms. The molecule has 0 aliphatic rings. The molecule has 0 heterocycles. The Bertz CT molecular complexity index is 398. The highest BCUT2D eigenvalue weighted by Gasteiger charge is 2.23. The summed E-state index contributed by atoms with van der Waals surface area (Å²) in [6, 6.07) is 5.68. The van der Waals surface area contributed by atoms with Gasteiger partial charge >= 0.3 is 0 Å². The van der Waals surface area contributed by atoms with Crippen LogP contribution in [0.2, 0.25) is 5.02 Å². The molecule has 0 aliphatic heterocycles. The van der Waals surface area contributed by atoms with Crippen molar-refractivity contribution in [1.82, 2.24) is 5.32 Å². The monoisotopic (exact) mass is 285 g/mol. The summed E-state index contributed by atoms with van der Waals surface area (Å²) in [7, 11) is 0. The van der Waals surface area contributed by atoms with Crippen molar-refractivity contribution in [3.05, 3.63) is 34.6 Å². The van der Waals surface area contributed by atoms with E-state index in [9.17, 15) is 4.39 Å². The van der Waals surface area contributed by atoms with Gasteiger partial charge in [-0.3, -0.25) is 0 Å². The Labute approximate surface area is 121 Å². The van der Waals surface area contributed by atoms with Gasteiger partial charge < -0.3 is 5.32 Å². The molecule has 0 amide bonds. The first-order chi connectivity index (χ1) is 8.86. The van der Waals surface area contributed by atoms with E-state index in [2.05, 4.69) is 33.0 Å². The van der Waals surface area contributed by atoms with E-state index < -0.39 is 0 Å². The second-order valence-electron chi connectivity index (χ2n) is 6.08. The number of rotatable bonds is 6. The Morgan fingerprint density at radius 1 is 1.32 bits per heavy atom. The van der Waals surface area contributed by atoms with Crippen LogP contribution >= 0.6 is 11.6 Å². The van der Waals surface area contributed by atoms with Crippen LogP contribution < -0.4 is 5.32 Å². The number of halogens is 2. The lowest BCUT2D eigenvalue weighted by atomic mass is 9.83. The maximum Gasteiger partial charge on any atom is 0.144 e. The van der Waals surface area contributed by atoms with Crippen LogP contribution in [0.3, 0.4) is 0 Å². The molecular formula is C16H25ClFN. The van der Waals surface area contributed by atoms with E-state index >= 15 is 0 Å². The van der Waals surface area contributed by atoms with E-state index in [0.29, 0.717) is 6.04 Å². The van der Waals surface area contributed by atoms with E-state index in [1.807, 2.05) is 12.1 Å². The lowest BCUT2D eigenvalue weighted by Gasteiger charge is -2.31. The first kappa shape index (κ1) is 16.5. The number of hydrogen-bond acceptors (Lipinski definition) is 1. The predicted molar refractivity (Wildman–Crippen MR) is 81.3 cm³/mol. The summed E-state index contributed by atoms with van der Waals surface area (Å²) < 4.78 is 13.8. The molecule has 19 heavy (non-hydrogen) atoms. The molecule has 0 fully saturated rings. The molecule has 0 aromatic heterocycles. The Kier molecular flexibility index (Phi) is 6.28. The third kappa shape index (κ3) is 5.12. The quantitative estimate of drug-likeness (QED) is 0.790. The molecule has 0 saturated carbocycles. The van der Waals surface area contributed by atoms with E-state index in [4.69, 9.17) is 11.6 Å². The molecule has 1 atom stereocenters. The highest BCUT2D eigenvalue weighted by Crippen LogP contribution is 2.25. The standard InChI is InChI=1S/C16H25ClFN/c1-5-19-14(16(2,3)4)11-7-9-12-8-6-10-13(17)15(12)18/h6,8,10,14,19H,5,7,9,11H2,1-4H3. The van der Waals surface area contributed by atoms with Crippen LogP contribution in [-0.4, -0.2) is 12.6 Å². The topological polar surface area (TPSA) is 12.0 Å². The minimum Gasteiger partial charge on any atom is -0.314 e. The first-order valence-corrected chi connectivity index (χ1v) is 7.40. The Morgan fingerprint density at radius 2 is 2.00 bits per heavy atom. The molecule has 0 spiro atoms. The zero-order valence-electron chi connectivity index (χ0n) is 12.4. The van der Waals surface area contributed by atoms with Crippen LogP contribution in [0.5, 0.6) is 0 Å². The molecule has 1 unspecified atom stereocenters. The van der Waals surface area contributed by atoms with Crippen molar-refractivity contribution in [2.45, 2.75) is 53.0 Å². The van der Waals surface area contributed by atoms with Gasteiger partial charge in [0.15, 0.2) is 0 Å². The number of aryl methyl sites for hydroxylation is 1. The molecule has 3 heteroatoms. The highest BCUT2D eigenvalue weighted by atomic mass is 35.5. The van der Waals surface area contributed by atoms with Crippen molar-refractivity contribution in [1.29, 1.82) is 0 Å². The fraction of sp³-hybridized carbons (Fsp3) is 0.625. The molecule has 0 radical (unpaired) electrons. The van der Waals surface area contributed by atoms with Gasteiger partial charge in [-0.05, 0) is 42.9 Å². The Balaban J connectivity index is 2.55. The first-order valence-electron chi connectivity index (χ1n) is 7.02. The lowest BCUT2D eigenvalue weighted by molar-refractivity contribution is 0.254. The second-order valence-corrected chi connectivity index (χ2v) is 6.49. The van der Waals surface area contributed by atoms with Crippen LogP contribution in [0.25, 0.3) is 0 Å². The van der Waals surface area contributed by atoms with Crippen LogP contribution in [-0.2, 0) is 6.42 Å². The van der Waals surface area contributed by atoms with Crippen LogP contribution in [0.15, 0.2) is 18.2 Å². The van der Waals surface area contributed by atoms with Crippen molar-refractivity contribution in [3.63, 3.8) is 0 Å². The van der Waals surface area contributed by atoms with Gasteiger partial charge in [0.1, 0.15) is 5.82 Å². The van der Waals surface area contributed by atoms with Crippen LogP contribution in [0, 0.1) is 11.2 Å². The molecule has 1 rings (SSSR count). The maximum atomic E-state index is 13.8. The van der Waals surface area contributed by atoms with Gasteiger partial charge in [-0.1, -0.05) is 51.4 Å². The molecule has 1 aromatic rings. The zero-order chi connectivity index (χ0) is 14.5. The summed E-state index contributed by atoms with van der Waals surface area (Å²) >= 11 is 5.79. The fourth-order valence-corrected chi connectivity index (χ4v) is 2.52. The molecular weight excluding hydrogens is 261 g/mol. The minimum absolute atomic E-state index is 0.219. The summed E-state index contributed by atoms with van der Waals surface area (Å²) in [4.78, 5) is 0. The SMILES string of the molecule is CCNC(CCCc1cccc(Cl)c1F)C(C)(C)C. The summed E-state index contributed by atoms with van der Waals surface area (Å²) in [5.41, 5.74) is 0.944. The van der Waals surface area contributed by atoms with Crippen molar-refractivity contribution in [2.75, 3.05) is 6.54 Å². The predicted octanol–water partition coefficient (Wildman–Crippen LogP) is 4.83. The molecule has 1 aromatic carbocycles. The van der Waals surface area contributed by atoms with Gasteiger partial charge in [0, 0.05) is 6.04 Å². The molecule has 1 N–H and O–H groups in total. The summed E-state index contributed by atoms with van der Waals surface area (Å²) in [6.45, 7) is 9.80. The Morgan fingerprint density at radius 3 is 2.58 bits per heavy atom. The second kappa shape index (κ2) is 7.25. The van der Waals surface area contributed by atoms with Gasteiger partial charge in [0.25, 0.3) is 0 Å². The lowest BCUT2D eigenvalue weighted by Crippen LogP contribution is -2.40. The molecule has 0 aliphatic carbocycles. The van der Waals surface area contributed by atoms with Crippen molar-refractivity contribution >= 4 is 11.6 Å². The number of nitrogens with one attached hydrogen (secondary N) is 1. The highest BCUT2D eigenvalue weighted by molar-refractivity contribution is 6.30. The fourth-order valence-electron chi connectivity index (χ4n) is 2.33. The van der Waals surface area contributed by atoms with Gasteiger partial charge in [-0.15, -0.1) is 0 Å². The molecule has 108 valence electrons. The number of benzene rings is 1. The van der Waals surface area contributed by atoms with Crippen LogP contribution in [0.1, 0.15) is 46.1 Å². The summed E-state index contributed by atoms with van der Waals surface area (Å²) in [5.74, 6) is -0.264. The third-order valence-corrected chi connectivity index (χ3v) is 3.76. The summed E-state index contributed by atoms with van der Waals surface area (Å²) in [5, 5.41) is 3.73. The molecule has 1 nitrogen and oxygen atoms in total. The average Bonchev–Trinajstić information content (AvgIpc) is 2.32. The minimum atomic E-state index is -0.264. The van der Waals surface area contributed by atoms with E-state index in [1.54, 1.807) is 6.07 Å².